The number of carbonyl (C=O) groups is 1. The fourth-order valence-corrected chi connectivity index (χ4v) is 2.27. The van der Waals surface area contributed by atoms with Crippen molar-refractivity contribution in [3.05, 3.63) is 41.9 Å². The minimum Gasteiger partial charge on any atom is -0.378 e. The molecule has 0 bridgehead atoms. The van der Waals surface area contributed by atoms with Gasteiger partial charge in [-0.05, 0) is 13.0 Å². The molecule has 25 heavy (non-hydrogen) atoms. The number of aromatic nitrogens is 2. The summed E-state index contributed by atoms with van der Waals surface area (Å²) in [7, 11) is 1.38. The van der Waals surface area contributed by atoms with Crippen LogP contribution in [0.15, 0.2) is 35.8 Å². The van der Waals surface area contributed by atoms with Crippen LogP contribution < -0.4 is 5.43 Å². The number of hydrogen-bond acceptors (Lipinski definition) is 4. The van der Waals surface area contributed by atoms with Crippen LogP contribution in [0.5, 0.6) is 0 Å². The Morgan fingerprint density at radius 1 is 1.44 bits per heavy atom. The molecule has 1 amide bonds. The van der Waals surface area contributed by atoms with Gasteiger partial charge in [0.1, 0.15) is 0 Å². The molecule has 9 heteroatoms. The number of alkyl halides is 3. The lowest BCUT2D eigenvalue weighted by Gasteiger charge is -2.14. The first-order valence-corrected chi connectivity index (χ1v) is 7.39. The van der Waals surface area contributed by atoms with Gasteiger partial charge >= 0.3 is 6.18 Å². The van der Waals surface area contributed by atoms with Crippen molar-refractivity contribution in [3.8, 4) is 11.3 Å². The van der Waals surface area contributed by atoms with Crippen LogP contribution in [0.1, 0.15) is 18.1 Å². The quantitative estimate of drug-likeness (QED) is 0.472. The SMILES string of the molecule is CCn1cnc(-c2ccc(/C(COC)=N/NC=O)cc2C(F)(F)F)c1. The average molecular weight is 354 g/mol. The molecule has 1 aromatic heterocycles. The number of carbonyl (C=O) groups excluding carboxylic acids is 1. The standard InChI is InChI=1S/C16H17F3N4O2/c1-3-23-7-14(20-9-23)12-5-4-11(6-13(12)16(17,18)19)15(8-25-2)22-21-10-24/h4-7,9-10H,3,8H2,1-2H3,(H,21,24)/b22-15+. The third-order valence-corrected chi connectivity index (χ3v) is 3.47. The molecule has 1 aromatic carbocycles. The summed E-state index contributed by atoms with van der Waals surface area (Å²) in [5, 5.41) is 3.73. The number of aryl methyl sites for hydroxylation is 1. The Bertz CT molecular complexity index is 769. The van der Waals surface area contributed by atoms with Crippen LogP contribution in [0.2, 0.25) is 0 Å². The molecule has 2 aromatic rings. The normalized spacial score (nSPS) is 12.3. The van der Waals surface area contributed by atoms with E-state index in [9.17, 15) is 18.0 Å². The zero-order valence-electron chi connectivity index (χ0n) is 13.7. The zero-order chi connectivity index (χ0) is 18.4. The molecule has 0 saturated heterocycles. The van der Waals surface area contributed by atoms with Gasteiger partial charge in [-0.25, -0.2) is 10.4 Å². The molecule has 0 saturated carbocycles. The molecular weight excluding hydrogens is 337 g/mol. The Kier molecular flexibility index (Phi) is 5.92. The van der Waals surface area contributed by atoms with E-state index in [1.807, 2.05) is 6.92 Å². The van der Waals surface area contributed by atoms with E-state index in [1.54, 1.807) is 10.8 Å². The maximum absolute atomic E-state index is 13.5. The van der Waals surface area contributed by atoms with Gasteiger partial charge in [0, 0.05) is 31.0 Å². The molecule has 0 aliphatic heterocycles. The van der Waals surface area contributed by atoms with Crippen LogP contribution in [0.4, 0.5) is 13.2 Å². The number of nitrogens with zero attached hydrogens (tertiary/aromatic N) is 3. The van der Waals surface area contributed by atoms with E-state index < -0.39 is 11.7 Å². The van der Waals surface area contributed by atoms with E-state index >= 15 is 0 Å². The largest absolute Gasteiger partial charge is 0.417 e. The minimum absolute atomic E-state index is 0.0245. The molecule has 1 N–H and O–H groups in total. The van der Waals surface area contributed by atoms with Crippen LogP contribution in [-0.4, -0.2) is 35.4 Å². The monoisotopic (exact) mass is 354 g/mol. The number of nitrogens with one attached hydrogen (secondary N) is 1. The highest BCUT2D eigenvalue weighted by molar-refractivity contribution is 6.02. The van der Waals surface area contributed by atoms with Crippen molar-refractivity contribution in [2.45, 2.75) is 19.6 Å². The summed E-state index contributed by atoms with van der Waals surface area (Å²) >= 11 is 0. The molecule has 0 radical (unpaired) electrons. The van der Waals surface area contributed by atoms with E-state index in [1.165, 1.54) is 25.6 Å². The second-order valence-electron chi connectivity index (χ2n) is 5.09. The van der Waals surface area contributed by atoms with Crippen LogP contribution in [0, 0.1) is 0 Å². The molecule has 0 aliphatic carbocycles. The lowest BCUT2D eigenvalue weighted by molar-refractivity contribution is -0.137. The van der Waals surface area contributed by atoms with Crippen molar-refractivity contribution in [2.75, 3.05) is 13.7 Å². The molecule has 2 rings (SSSR count). The topological polar surface area (TPSA) is 68.5 Å². The summed E-state index contributed by atoms with van der Waals surface area (Å²) in [6, 6.07) is 3.80. The number of ether oxygens (including phenoxy) is 1. The van der Waals surface area contributed by atoms with Gasteiger partial charge in [0.15, 0.2) is 0 Å². The minimum atomic E-state index is -4.57. The third-order valence-electron chi connectivity index (χ3n) is 3.47. The number of halogens is 3. The van der Waals surface area contributed by atoms with E-state index in [2.05, 4.69) is 15.5 Å². The van der Waals surface area contributed by atoms with Crippen molar-refractivity contribution in [3.63, 3.8) is 0 Å². The first-order valence-electron chi connectivity index (χ1n) is 7.39. The molecule has 0 unspecified atom stereocenters. The van der Waals surface area contributed by atoms with E-state index in [0.29, 0.717) is 13.0 Å². The van der Waals surface area contributed by atoms with Gasteiger partial charge in [0.05, 0.1) is 29.9 Å². The third kappa shape index (κ3) is 4.44. The maximum atomic E-state index is 13.5. The number of methoxy groups -OCH3 is 1. The maximum Gasteiger partial charge on any atom is 0.417 e. The molecular formula is C16H17F3N4O2. The highest BCUT2D eigenvalue weighted by atomic mass is 19.4. The molecule has 6 nitrogen and oxygen atoms in total. The zero-order valence-corrected chi connectivity index (χ0v) is 13.7. The van der Waals surface area contributed by atoms with E-state index in [4.69, 9.17) is 4.74 Å². The fraction of sp³-hybridized carbons (Fsp3) is 0.312. The molecule has 0 aliphatic rings. The lowest BCUT2D eigenvalue weighted by atomic mass is 9.99. The molecule has 1 heterocycles. The number of imidazole rings is 1. The molecule has 0 atom stereocenters. The Hall–Kier alpha value is -2.68. The number of hydrogen-bond donors (Lipinski definition) is 1. The van der Waals surface area contributed by atoms with Crippen LogP contribution in [0.25, 0.3) is 11.3 Å². The van der Waals surface area contributed by atoms with Crippen molar-refractivity contribution >= 4 is 12.1 Å². The van der Waals surface area contributed by atoms with Gasteiger partial charge in [-0.15, -0.1) is 0 Å². The second kappa shape index (κ2) is 7.93. The highest BCUT2D eigenvalue weighted by Gasteiger charge is 2.34. The number of amides is 1. The Balaban J connectivity index is 2.55. The Morgan fingerprint density at radius 3 is 2.76 bits per heavy atom. The lowest BCUT2D eigenvalue weighted by Crippen LogP contribution is -2.16. The highest BCUT2D eigenvalue weighted by Crippen LogP contribution is 2.37. The summed E-state index contributed by atoms with van der Waals surface area (Å²) in [5.74, 6) is 0. The molecule has 0 spiro atoms. The average Bonchev–Trinajstić information content (AvgIpc) is 3.06. The summed E-state index contributed by atoms with van der Waals surface area (Å²) in [6.45, 7) is 2.42. The predicted octanol–water partition coefficient (Wildman–Crippen LogP) is 2.69. The Labute approximate surface area is 142 Å². The molecule has 134 valence electrons. The summed E-state index contributed by atoms with van der Waals surface area (Å²) in [4.78, 5) is 14.4. The van der Waals surface area contributed by atoms with E-state index in [-0.39, 0.29) is 29.1 Å². The first kappa shape index (κ1) is 18.7. The number of benzene rings is 1. The Morgan fingerprint density at radius 2 is 2.20 bits per heavy atom. The van der Waals surface area contributed by atoms with Crippen molar-refractivity contribution in [1.29, 1.82) is 0 Å². The van der Waals surface area contributed by atoms with Crippen molar-refractivity contribution in [2.24, 2.45) is 5.10 Å². The summed E-state index contributed by atoms with van der Waals surface area (Å²) in [5.41, 5.74) is 1.82. The van der Waals surface area contributed by atoms with Crippen LogP contribution >= 0.6 is 0 Å². The number of rotatable bonds is 7. The summed E-state index contributed by atoms with van der Waals surface area (Å²) < 4.78 is 47.2. The van der Waals surface area contributed by atoms with Crippen molar-refractivity contribution < 1.29 is 22.7 Å². The predicted molar refractivity (Wildman–Crippen MR) is 86.0 cm³/mol. The van der Waals surface area contributed by atoms with Gasteiger partial charge in [-0.1, -0.05) is 12.1 Å². The van der Waals surface area contributed by atoms with Gasteiger partial charge in [0.2, 0.25) is 6.41 Å². The number of hydrazone groups is 1. The second-order valence-corrected chi connectivity index (χ2v) is 5.09. The van der Waals surface area contributed by atoms with Gasteiger partial charge in [-0.2, -0.15) is 18.3 Å². The van der Waals surface area contributed by atoms with E-state index in [0.717, 1.165) is 6.07 Å². The van der Waals surface area contributed by atoms with Gasteiger partial charge < -0.3 is 9.30 Å². The van der Waals surface area contributed by atoms with Crippen LogP contribution in [0.3, 0.4) is 0 Å². The van der Waals surface area contributed by atoms with Crippen LogP contribution in [-0.2, 0) is 22.3 Å². The smallest absolute Gasteiger partial charge is 0.378 e. The van der Waals surface area contributed by atoms with Gasteiger partial charge in [-0.3, -0.25) is 4.79 Å². The molecule has 0 fully saturated rings. The van der Waals surface area contributed by atoms with Crippen molar-refractivity contribution in [1.82, 2.24) is 15.0 Å². The summed E-state index contributed by atoms with van der Waals surface area (Å²) in [6.07, 6.45) is -1.21. The first-order chi connectivity index (χ1) is 11.9. The van der Waals surface area contributed by atoms with Gasteiger partial charge in [0.25, 0.3) is 0 Å². The fourth-order valence-electron chi connectivity index (χ4n) is 2.27.